The highest BCUT2D eigenvalue weighted by Gasteiger charge is 2.37. The first-order valence-electron chi connectivity index (χ1n) is 6.46. The van der Waals surface area contributed by atoms with Gasteiger partial charge in [-0.15, -0.1) is 0 Å². The number of nitrogens with one attached hydrogen (secondary N) is 1. The lowest BCUT2D eigenvalue weighted by molar-refractivity contribution is -0.147. The van der Waals surface area contributed by atoms with E-state index in [1.165, 1.54) is 0 Å². The minimum absolute atomic E-state index is 0.0871. The highest BCUT2D eigenvalue weighted by molar-refractivity contribution is 5.84. The third-order valence-electron chi connectivity index (χ3n) is 3.44. The fourth-order valence-electron chi connectivity index (χ4n) is 2.57. The van der Waals surface area contributed by atoms with E-state index in [1.54, 1.807) is 17.0 Å². The second-order valence-electron chi connectivity index (χ2n) is 4.60. The Morgan fingerprint density at radius 3 is 2.74 bits per heavy atom. The van der Waals surface area contributed by atoms with Crippen molar-refractivity contribution in [1.82, 2.24) is 10.2 Å². The number of hydrogen-bond donors (Lipinski definition) is 2. The average molecular weight is 262 g/mol. The Hall–Kier alpha value is -1.88. The molecule has 1 aliphatic heterocycles. The Bertz CT molecular complexity index is 461. The molecule has 2 atom stereocenters. The summed E-state index contributed by atoms with van der Waals surface area (Å²) in [5.41, 5.74) is 0.711. The van der Waals surface area contributed by atoms with E-state index in [2.05, 4.69) is 5.32 Å². The van der Waals surface area contributed by atoms with E-state index in [9.17, 15) is 14.7 Å². The molecule has 1 aliphatic rings. The maximum absolute atomic E-state index is 11.8. The lowest BCUT2D eigenvalue weighted by Gasteiger charge is -2.38. The minimum Gasteiger partial charge on any atom is -0.480 e. The quantitative estimate of drug-likeness (QED) is 0.850. The summed E-state index contributed by atoms with van der Waals surface area (Å²) >= 11 is 0. The number of carbonyl (C=O) groups excluding carboxylic acids is 1. The molecule has 102 valence electrons. The van der Waals surface area contributed by atoms with Crippen molar-refractivity contribution in [3.63, 3.8) is 0 Å². The Kier molecular flexibility index (Phi) is 4.16. The molecular weight excluding hydrogens is 244 g/mol. The maximum atomic E-state index is 11.8. The minimum atomic E-state index is -0.917. The molecule has 0 aromatic heterocycles. The summed E-state index contributed by atoms with van der Waals surface area (Å²) in [4.78, 5) is 25.2. The van der Waals surface area contributed by atoms with Gasteiger partial charge in [-0.25, -0.2) is 0 Å². The number of carbonyl (C=O) groups is 2. The molecule has 5 heteroatoms. The maximum Gasteiger partial charge on any atom is 0.325 e. The van der Waals surface area contributed by atoms with Crippen molar-refractivity contribution in [2.45, 2.75) is 25.4 Å². The van der Waals surface area contributed by atoms with Crippen LogP contribution in [0.25, 0.3) is 0 Å². The van der Waals surface area contributed by atoms with Gasteiger partial charge in [-0.3, -0.25) is 14.5 Å². The van der Waals surface area contributed by atoms with Gasteiger partial charge < -0.3 is 10.4 Å². The summed E-state index contributed by atoms with van der Waals surface area (Å²) in [5, 5.41) is 12.3. The number of nitrogens with zero attached hydrogens (tertiary/aromatic N) is 1. The second kappa shape index (κ2) is 5.84. The van der Waals surface area contributed by atoms with Gasteiger partial charge in [-0.1, -0.05) is 37.3 Å². The van der Waals surface area contributed by atoms with E-state index < -0.39 is 12.0 Å². The monoisotopic (exact) mass is 262 g/mol. The molecule has 0 aliphatic carbocycles. The van der Waals surface area contributed by atoms with Crippen molar-refractivity contribution in [3.8, 4) is 0 Å². The van der Waals surface area contributed by atoms with Gasteiger partial charge in [0, 0.05) is 13.1 Å². The van der Waals surface area contributed by atoms with Crippen LogP contribution in [0.4, 0.5) is 0 Å². The fourth-order valence-corrected chi connectivity index (χ4v) is 2.57. The number of carboxylic acids is 1. The molecule has 2 N–H and O–H groups in total. The summed E-state index contributed by atoms with van der Waals surface area (Å²) in [7, 11) is 0. The van der Waals surface area contributed by atoms with Gasteiger partial charge >= 0.3 is 5.97 Å². The topological polar surface area (TPSA) is 69.6 Å². The molecule has 1 aromatic rings. The van der Waals surface area contributed by atoms with Crippen LogP contribution in [0.1, 0.15) is 24.9 Å². The van der Waals surface area contributed by atoms with E-state index >= 15 is 0 Å². The van der Waals surface area contributed by atoms with Crippen LogP contribution in [0.2, 0.25) is 0 Å². The van der Waals surface area contributed by atoms with E-state index in [4.69, 9.17) is 0 Å². The largest absolute Gasteiger partial charge is 0.480 e. The van der Waals surface area contributed by atoms with Crippen LogP contribution in [-0.4, -0.2) is 41.0 Å². The van der Waals surface area contributed by atoms with E-state index in [-0.39, 0.29) is 11.9 Å². The summed E-state index contributed by atoms with van der Waals surface area (Å²) in [6.07, 6.45) is 0.600. The Labute approximate surface area is 112 Å². The van der Waals surface area contributed by atoms with Crippen molar-refractivity contribution in [3.05, 3.63) is 35.9 Å². The fraction of sp³-hybridized carbons (Fsp3) is 0.429. The van der Waals surface area contributed by atoms with Gasteiger partial charge in [0.15, 0.2) is 0 Å². The molecule has 0 saturated carbocycles. The first-order chi connectivity index (χ1) is 9.15. The van der Waals surface area contributed by atoms with Crippen LogP contribution < -0.4 is 5.32 Å². The van der Waals surface area contributed by atoms with E-state index in [0.29, 0.717) is 25.1 Å². The zero-order chi connectivity index (χ0) is 13.8. The summed E-state index contributed by atoms with van der Waals surface area (Å²) in [6.45, 7) is 2.94. The van der Waals surface area contributed by atoms with Crippen molar-refractivity contribution >= 4 is 11.9 Å². The standard InChI is InChI=1S/C14H18N2O3/c1-2-11-13(17)15-8-9-16(11)12(14(18)19)10-6-4-3-5-7-10/h3-7,11-12H,2,8-9H2,1H3,(H,15,17)(H,18,19). The van der Waals surface area contributed by atoms with Crippen molar-refractivity contribution < 1.29 is 14.7 Å². The Morgan fingerprint density at radius 2 is 2.16 bits per heavy atom. The molecule has 1 saturated heterocycles. The normalized spacial score (nSPS) is 21.7. The molecule has 1 aromatic carbocycles. The van der Waals surface area contributed by atoms with Gasteiger partial charge in [0.25, 0.3) is 0 Å². The number of aliphatic carboxylic acids is 1. The third kappa shape index (κ3) is 2.76. The van der Waals surface area contributed by atoms with Crippen LogP contribution in [0.3, 0.4) is 0 Å². The summed E-state index contributed by atoms with van der Waals surface area (Å²) in [5.74, 6) is -1.00. The second-order valence-corrected chi connectivity index (χ2v) is 4.60. The van der Waals surface area contributed by atoms with Crippen LogP contribution in [0.15, 0.2) is 30.3 Å². The zero-order valence-electron chi connectivity index (χ0n) is 10.9. The molecule has 1 fully saturated rings. The number of amides is 1. The number of benzene rings is 1. The van der Waals surface area contributed by atoms with Gasteiger partial charge in [0.1, 0.15) is 6.04 Å². The first kappa shape index (κ1) is 13.5. The number of carboxylic acid groups (broad SMARTS) is 1. The van der Waals surface area contributed by atoms with Crippen LogP contribution in [0.5, 0.6) is 0 Å². The molecule has 0 bridgehead atoms. The van der Waals surface area contributed by atoms with Crippen molar-refractivity contribution in [2.24, 2.45) is 0 Å². The Morgan fingerprint density at radius 1 is 1.47 bits per heavy atom. The van der Waals surface area contributed by atoms with Crippen molar-refractivity contribution in [1.29, 1.82) is 0 Å². The lowest BCUT2D eigenvalue weighted by Crippen LogP contribution is -2.57. The Balaban J connectivity index is 2.33. The molecular formula is C14H18N2O3. The number of rotatable bonds is 4. The third-order valence-corrected chi connectivity index (χ3v) is 3.44. The lowest BCUT2D eigenvalue weighted by atomic mass is 10.0. The summed E-state index contributed by atoms with van der Waals surface area (Å²) < 4.78 is 0. The molecule has 5 nitrogen and oxygen atoms in total. The predicted octanol–water partition coefficient (Wildman–Crippen LogP) is 1.02. The number of hydrogen-bond acceptors (Lipinski definition) is 3. The highest BCUT2D eigenvalue weighted by Crippen LogP contribution is 2.25. The van der Waals surface area contributed by atoms with Crippen LogP contribution in [-0.2, 0) is 9.59 Å². The number of piperazine rings is 1. The molecule has 0 spiro atoms. The van der Waals surface area contributed by atoms with Gasteiger partial charge in [-0.05, 0) is 12.0 Å². The molecule has 2 rings (SSSR count). The molecule has 1 heterocycles. The van der Waals surface area contributed by atoms with E-state index in [1.807, 2.05) is 25.1 Å². The van der Waals surface area contributed by atoms with Crippen LogP contribution in [0, 0.1) is 0 Å². The summed E-state index contributed by atoms with van der Waals surface area (Å²) in [6, 6.07) is 7.91. The van der Waals surface area contributed by atoms with E-state index in [0.717, 1.165) is 0 Å². The van der Waals surface area contributed by atoms with Gasteiger partial charge in [0.05, 0.1) is 6.04 Å². The molecule has 0 radical (unpaired) electrons. The SMILES string of the molecule is CCC1C(=O)NCCN1C(C(=O)O)c1ccccc1. The highest BCUT2D eigenvalue weighted by atomic mass is 16.4. The molecule has 2 unspecified atom stereocenters. The molecule has 19 heavy (non-hydrogen) atoms. The first-order valence-corrected chi connectivity index (χ1v) is 6.46. The van der Waals surface area contributed by atoms with Crippen LogP contribution >= 0.6 is 0 Å². The molecule has 1 amide bonds. The zero-order valence-corrected chi connectivity index (χ0v) is 10.9. The average Bonchev–Trinajstić information content (AvgIpc) is 2.40. The smallest absolute Gasteiger partial charge is 0.325 e. The van der Waals surface area contributed by atoms with Gasteiger partial charge in [-0.2, -0.15) is 0 Å². The van der Waals surface area contributed by atoms with Gasteiger partial charge in [0.2, 0.25) is 5.91 Å². The van der Waals surface area contributed by atoms with Crippen molar-refractivity contribution in [2.75, 3.05) is 13.1 Å². The predicted molar refractivity (Wildman–Crippen MR) is 70.6 cm³/mol.